The molecule has 0 aromatic carbocycles. The number of hydrogen-bond donors (Lipinski definition) is 4. The zero-order valence-corrected chi connectivity index (χ0v) is 13.5. The van der Waals surface area contributed by atoms with Crippen molar-refractivity contribution in [3.05, 3.63) is 23.7 Å². The maximum absolute atomic E-state index is 10.3. The van der Waals surface area contributed by atoms with Gasteiger partial charge in [-0.05, 0) is 32.0 Å². The lowest BCUT2D eigenvalue weighted by molar-refractivity contribution is 0.0626. The van der Waals surface area contributed by atoms with Crippen LogP contribution in [-0.4, -0.2) is 35.2 Å². The highest BCUT2D eigenvalue weighted by molar-refractivity contribution is 5.99. The third-order valence-corrected chi connectivity index (χ3v) is 3.25. The van der Waals surface area contributed by atoms with Gasteiger partial charge < -0.3 is 26.1 Å². The molecule has 0 fully saturated rings. The van der Waals surface area contributed by atoms with Gasteiger partial charge in [0.05, 0.1) is 6.26 Å². The van der Waals surface area contributed by atoms with Crippen molar-refractivity contribution >= 4 is 11.9 Å². The summed E-state index contributed by atoms with van der Waals surface area (Å²) in [5.41, 5.74) is 10.5. The molecule has 0 unspecified atom stereocenters. The van der Waals surface area contributed by atoms with Crippen molar-refractivity contribution in [2.75, 3.05) is 13.1 Å². The molecule has 0 saturated heterocycles. The van der Waals surface area contributed by atoms with Crippen molar-refractivity contribution in [3.8, 4) is 0 Å². The molecule has 7 heteroatoms. The predicted octanol–water partition coefficient (Wildman–Crippen LogP) is 2.70. The van der Waals surface area contributed by atoms with Gasteiger partial charge in [0.2, 0.25) is 5.76 Å². The summed E-state index contributed by atoms with van der Waals surface area (Å²) in [4.78, 5) is 20.5. The minimum absolute atomic E-state index is 0.336. The summed E-state index contributed by atoms with van der Waals surface area (Å²) >= 11 is 0. The lowest BCUT2D eigenvalue weighted by Crippen LogP contribution is -2.03. The van der Waals surface area contributed by atoms with Crippen molar-refractivity contribution in [2.45, 2.75) is 51.4 Å². The van der Waals surface area contributed by atoms with Crippen molar-refractivity contribution in [1.82, 2.24) is 0 Å². The summed E-state index contributed by atoms with van der Waals surface area (Å²) in [5, 5.41) is 16.7. The van der Waals surface area contributed by atoms with Crippen LogP contribution in [0.2, 0.25) is 0 Å². The van der Waals surface area contributed by atoms with Gasteiger partial charge in [-0.3, -0.25) is 0 Å². The lowest BCUT2D eigenvalue weighted by Gasteiger charge is -2.00. The van der Waals surface area contributed by atoms with Crippen molar-refractivity contribution in [2.24, 2.45) is 11.5 Å². The van der Waals surface area contributed by atoms with E-state index in [-0.39, 0.29) is 5.56 Å². The number of hydrogen-bond acceptors (Lipinski definition) is 5. The highest BCUT2D eigenvalue weighted by Crippen LogP contribution is 2.09. The molecule has 0 bridgehead atoms. The molecule has 0 atom stereocenters. The largest absolute Gasteiger partial charge is 0.478 e. The molecule has 0 saturated carbocycles. The fourth-order valence-corrected chi connectivity index (χ4v) is 1.99. The minimum atomic E-state index is -1.38. The average Bonchev–Trinajstić information content (AvgIpc) is 3.01. The van der Waals surface area contributed by atoms with Crippen LogP contribution in [0.1, 0.15) is 72.3 Å². The van der Waals surface area contributed by atoms with Crippen LogP contribution in [-0.2, 0) is 0 Å². The van der Waals surface area contributed by atoms with E-state index in [4.69, 9.17) is 21.7 Å². The van der Waals surface area contributed by atoms with Crippen LogP contribution in [0.4, 0.5) is 0 Å². The Hall–Kier alpha value is -1.86. The lowest BCUT2D eigenvalue weighted by atomic mass is 10.1. The van der Waals surface area contributed by atoms with E-state index >= 15 is 0 Å². The van der Waals surface area contributed by atoms with Gasteiger partial charge in [0, 0.05) is 0 Å². The van der Waals surface area contributed by atoms with E-state index in [1.807, 2.05) is 0 Å². The van der Waals surface area contributed by atoms with Gasteiger partial charge in [0.15, 0.2) is 0 Å². The van der Waals surface area contributed by atoms with Gasteiger partial charge in [-0.15, -0.1) is 0 Å². The van der Waals surface area contributed by atoms with Crippen molar-refractivity contribution in [1.29, 1.82) is 0 Å². The molecule has 6 N–H and O–H groups in total. The van der Waals surface area contributed by atoms with Crippen LogP contribution in [0, 0.1) is 0 Å². The first kappa shape index (κ1) is 21.1. The first-order valence-electron chi connectivity index (χ1n) is 7.98. The fourth-order valence-electron chi connectivity index (χ4n) is 1.99. The first-order valence-corrected chi connectivity index (χ1v) is 7.98. The Morgan fingerprint density at radius 3 is 1.57 bits per heavy atom. The SMILES string of the molecule is NCCCCCCCCCCN.O=C(O)c1ccoc1C(=O)O. The molecular weight excluding hydrogens is 300 g/mol. The molecule has 1 aromatic rings. The van der Waals surface area contributed by atoms with Crippen LogP contribution in [0.15, 0.2) is 16.7 Å². The topological polar surface area (TPSA) is 140 Å². The molecule has 1 heterocycles. The first-order chi connectivity index (χ1) is 11.0. The van der Waals surface area contributed by atoms with E-state index in [2.05, 4.69) is 4.42 Å². The second-order valence-electron chi connectivity index (χ2n) is 5.18. The normalized spacial score (nSPS) is 10.0. The maximum atomic E-state index is 10.3. The smallest absolute Gasteiger partial charge is 0.372 e. The zero-order chi connectivity index (χ0) is 17.5. The number of aromatic carboxylic acids is 2. The highest BCUT2D eigenvalue weighted by atomic mass is 16.4. The van der Waals surface area contributed by atoms with Crippen LogP contribution in [0.3, 0.4) is 0 Å². The van der Waals surface area contributed by atoms with Crippen LogP contribution < -0.4 is 11.5 Å². The van der Waals surface area contributed by atoms with E-state index in [9.17, 15) is 9.59 Å². The Morgan fingerprint density at radius 2 is 1.26 bits per heavy atom. The third-order valence-electron chi connectivity index (χ3n) is 3.25. The number of carboxylic acids is 2. The maximum Gasteiger partial charge on any atom is 0.372 e. The number of nitrogens with two attached hydrogens (primary N) is 2. The Labute approximate surface area is 136 Å². The van der Waals surface area contributed by atoms with Crippen molar-refractivity contribution < 1.29 is 24.2 Å². The van der Waals surface area contributed by atoms with Gasteiger partial charge in [0.25, 0.3) is 0 Å². The number of carboxylic acid groups (broad SMARTS) is 2. The molecule has 0 amide bonds. The monoisotopic (exact) mass is 328 g/mol. The Bertz CT molecular complexity index is 407. The van der Waals surface area contributed by atoms with Gasteiger partial charge >= 0.3 is 11.9 Å². The molecule has 0 spiro atoms. The molecule has 7 nitrogen and oxygen atoms in total. The minimum Gasteiger partial charge on any atom is -0.478 e. The highest BCUT2D eigenvalue weighted by Gasteiger charge is 2.18. The second-order valence-corrected chi connectivity index (χ2v) is 5.18. The summed E-state index contributed by atoms with van der Waals surface area (Å²) in [6, 6.07) is 1.09. The quantitative estimate of drug-likeness (QED) is 0.458. The van der Waals surface area contributed by atoms with Crippen LogP contribution in [0.25, 0.3) is 0 Å². The predicted molar refractivity (Wildman–Crippen MR) is 87.7 cm³/mol. The number of carbonyl (C=O) groups is 2. The molecule has 0 aliphatic carbocycles. The molecule has 0 aliphatic heterocycles. The molecular formula is C16H28N2O5. The Balaban J connectivity index is 0.000000422. The Kier molecular flexibility index (Phi) is 12.7. The molecule has 1 rings (SSSR count). The zero-order valence-electron chi connectivity index (χ0n) is 13.5. The molecule has 0 radical (unpaired) electrons. The van der Waals surface area contributed by atoms with Crippen LogP contribution >= 0.6 is 0 Å². The summed E-state index contributed by atoms with van der Waals surface area (Å²) in [6.45, 7) is 1.71. The van der Waals surface area contributed by atoms with E-state index in [1.165, 1.54) is 51.4 Å². The third kappa shape index (κ3) is 10.5. The van der Waals surface area contributed by atoms with E-state index in [0.29, 0.717) is 0 Å². The number of furan rings is 1. The van der Waals surface area contributed by atoms with Gasteiger partial charge in [-0.25, -0.2) is 9.59 Å². The number of rotatable bonds is 11. The summed E-state index contributed by atoms with van der Waals surface area (Å²) < 4.78 is 4.41. The summed E-state index contributed by atoms with van der Waals surface area (Å²) in [7, 11) is 0. The summed E-state index contributed by atoms with van der Waals surface area (Å²) in [5.74, 6) is -3.24. The molecule has 132 valence electrons. The molecule has 1 aromatic heterocycles. The number of unbranched alkanes of at least 4 members (excludes halogenated alkanes) is 7. The van der Waals surface area contributed by atoms with E-state index in [0.717, 1.165) is 25.4 Å². The average molecular weight is 328 g/mol. The molecule has 23 heavy (non-hydrogen) atoms. The Morgan fingerprint density at radius 1 is 0.826 bits per heavy atom. The van der Waals surface area contributed by atoms with E-state index < -0.39 is 17.7 Å². The molecule has 0 aliphatic rings. The van der Waals surface area contributed by atoms with Gasteiger partial charge in [-0.2, -0.15) is 0 Å². The van der Waals surface area contributed by atoms with Crippen LogP contribution in [0.5, 0.6) is 0 Å². The van der Waals surface area contributed by atoms with E-state index in [1.54, 1.807) is 0 Å². The second kappa shape index (κ2) is 13.8. The standard InChI is InChI=1S/C10H24N2.C6H4O5/c11-9-7-5-3-1-2-4-6-8-10-12;7-5(8)3-1-2-11-4(3)6(9)10/h1-12H2;1-2H,(H,7,8)(H,9,10). The summed E-state index contributed by atoms with van der Waals surface area (Å²) in [6.07, 6.45) is 11.5. The fraction of sp³-hybridized carbons (Fsp3) is 0.625. The van der Waals surface area contributed by atoms with Gasteiger partial charge in [0.1, 0.15) is 5.56 Å². The van der Waals surface area contributed by atoms with Crippen molar-refractivity contribution in [3.63, 3.8) is 0 Å². The van der Waals surface area contributed by atoms with Gasteiger partial charge in [-0.1, -0.05) is 38.5 Å².